The minimum Gasteiger partial charge on any atom is -0.506 e. The second-order valence-corrected chi connectivity index (χ2v) is 7.32. The Kier molecular flexibility index (Phi) is 4.33. The first-order valence-electron chi connectivity index (χ1n) is 9.57. The van der Waals surface area contributed by atoms with Crippen molar-refractivity contribution in [3.05, 3.63) is 89.0 Å². The molecule has 6 nitrogen and oxygen atoms in total. The Morgan fingerprint density at radius 2 is 1.87 bits per heavy atom. The molecule has 0 radical (unpaired) electrons. The van der Waals surface area contributed by atoms with Crippen molar-refractivity contribution < 1.29 is 19.0 Å². The van der Waals surface area contributed by atoms with E-state index in [9.17, 15) is 14.3 Å². The highest BCUT2D eigenvalue weighted by Gasteiger charge is 2.47. The summed E-state index contributed by atoms with van der Waals surface area (Å²) in [7, 11) is 0. The van der Waals surface area contributed by atoms with Gasteiger partial charge in [-0.2, -0.15) is 10.1 Å². The molecule has 3 aromatic rings. The normalized spacial score (nSPS) is 20.4. The number of nitrogens with zero attached hydrogens (tertiary/aromatic N) is 3. The summed E-state index contributed by atoms with van der Waals surface area (Å²) in [5.41, 5.74) is 3.59. The number of anilines is 1. The summed E-state index contributed by atoms with van der Waals surface area (Å²) in [6, 6.07) is 15.0. The number of hydrogen-bond acceptors (Lipinski definition) is 5. The lowest BCUT2D eigenvalue weighted by Crippen LogP contribution is -2.32. The number of hydrazone groups is 1. The van der Waals surface area contributed by atoms with Gasteiger partial charge in [0.05, 0.1) is 23.7 Å². The van der Waals surface area contributed by atoms with Crippen LogP contribution >= 0.6 is 0 Å². The van der Waals surface area contributed by atoms with E-state index in [1.165, 1.54) is 29.3 Å². The number of carbonyl (C=O) groups is 1. The van der Waals surface area contributed by atoms with Gasteiger partial charge in [0.25, 0.3) is 5.91 Å². The second-order valence-electron chi connectivity index (χ2n) is 7.32. The van der Waals surface area contributed by atoms with Gasteiger partial charge in [-0.25, -0.2) is 4.39 Å². The monoisotopic (exact) mass is 403 g/mol. The van der Waals surface area contributed by atoms with Gasteiger partial charge in [0, 0.05) is 17.3 Å². The summed E-state index contributed by atoms with van der Waals surface area (Å²) in [6.07, 6.45) is 0.972. The number of amides is 1. The summed E-state index contributed by atoms with van der Waals surface area (Å²) in [5.74, 6) is -1.41. The summed E-state index contributed by atoms with van der Waals surface area (Å²) in [6.45, 7) is 1.96. The molecule has 0 spiro atoms. The largest absolute Gasteiger partial charge is 0.506 e. The molecule has 5 rings (SSSR count). The van der Waals surface area contributed by atoms with Crippen molar-refractivity contribution in [2.24, 2.45) is 11.0 Å². The zero-order chi connectivity index (χ0) is 20.8. The van der Waals surface area contributed by atoms with Gasteiger partial charge < -0.3 is 9.84 Å². The highest BCUT2D eigenvalue weighted by Crippen LogP contribution is 2.45. The van der Waals surface area contributed by atoms with Crippen molar-refractivity contribution >= 4 is 17.3 Å². The predicted octanol–water partition coefficient (Wildman–Crippen LogP) is 3.87. The minimum atomic E-state index is -0.758. The molecule has 2 aliphatic rings. The number of pyridine rings is 1. The van der Waals surface area contributed by atoms with Crippen LogP contribution in [0.3, 0.4) is 0 Å². The van der Waals surface area contributed by atoms with Crippen molar-refractivity contribution in [3.8, 4) is 5.75 Å². The third kappa shape index (κ3) is 2.86. The lowest BCUT2D eigenvalue weighted by molar-refractivity contribution is -0.123. The first kappa shape index (κ1) is 18.4. The molecule has 1 N–H and O–H groups in total. The van der Waals surface area contributed by atoms with Crippen LogP contribution in [-0.2, 0) is 16.1 Å². The molecule has 150 valence electrons. The minimum absolute atomic E-state index is 0.0374. The van der Waals surface area contributed by atoms with Crippen LogP contribution in [0.4, 0.5) is 10.1 Å². The van der Waals surface area contributed by atoms with Gasteiger partial charge in [-0.1, -0.05) is 30.3 Å². The number of ether oxygens (including phenoxy) is 1. The average Bonchev–Trinajstić information content (AvgIpc) is 3.33. The molecule has 2 aromatic carbocycles. The van der Waals surface area contributed by atoms with Crippen LogP contribution in [-0.4, -0.2) is 21.7 Å². The molecule has 0 bridgehead atoms. The molecule has 7 heteroatoms. The maximum absolute atomic E-state index is 13.5. The Labute approximate surface area is 172 Å². The van der Waals surface area contributed by atoms with E-state index < -0.39 is 17.8 Å². The van der Waals surface area contributed by atoms with Crippen molar-refractivity contribution in [3.63, 3.8) is 0 Å². The topological polar surface area (TPSA) is 75.0 Å². The number of rotatable bonds is 3. The number of fused-ring (bicyclic) bond motifs is 1. The van der Waals surface area contributed by atoms with Crippen LogP contribution < -0.4 is 5.01 Å². The highest BCUT2D eigenvalue weighted by molar-refractivity contribution is 6.22. The fourth-order valence-corrected chi connectivity index (χ4v) is 3.96. The van der Waals surface area contributed by atoms with Crippen LogP contribution in [0.15, 0.2) is 65.9 Å². The molecule has 1 aromatic heterocycles. The molecule has 3 heterocycles. The maximum Gasteiger partial charge on any atom is 0.259 e. The van der Waals surface area contributed by atoms with Crippen LogP contribution in [0.25, 0.3) is 0 Å². The number of aryl methyl sites for hydroxylation is 1. The standard InChI is InChI=1S/C23H18FN3O3/c1-13-21(28)18-15(11-25-13)12-30-22(18)19-20(14-5-3-2-4-6-14)26-27(23(19)29)17-9-7-16(24)8-10-17/h2-11,19,22,28H,12H2,1H3. The molecular formula is C23H18FN3O3. The fraction of sp³-hybridized carbons (Fsp3) is 0.174. The average molecular weight is 403 g/mol. The molecule has 0 fully saturated rings. The number of aromatic hydroxyl groups is 1. The van der Waals surface area contributed by atoms with Gasteiger partial charge in [-0.15, -0.1) is 0 Å². The van der Waals surface area contributed by atoms with Gasteiger partial charge in [0.2, 0.25) is 0 Å². The van der Waals surface area contributed by atoms with Crippen molar-refractivity contribution in [2.75, 3.05) is 5.01 Å². The summed E-state index contributed by atoms with van der Waals surface area (Å²) < 4.78 is 19.4. The molecule has 2 atom stereocenters. The van der Waals surface area contributed by atoms with Gasteiger partial charge in [0.15, 0.2) is 0 Å². The molecule has 30 heavy (non-hydrogen) atoms. The Bertz CT molecular complexity index is 1160. The Hall–Kier alpha value is -3.58. The van der Waals surface area contributed by atoms with E-state index in [1.54, 1.807) is 13.1 Å². The molecule has 0 saturated heterocycles. The Balaban J connectivity index is 1.63. The van der Waals surface area contributed by atoms with Gasteiger partial charge in [-0.05, 0) is 36.8 Å². The predicted molar refractivity (Wildman–Crippen MR) is 109 cm³/mol. The number of benzene rings is 2. The Morgan fingerprint density at radius 3 is 2.60 bits per heavy atom. The molecule has 0 aliphatic carbocycles. The highest BCUT2D eigenvalue weighted by atomic mass is 19.1. The zero-order valence-corrected chi connectivity index (χ0v) is 16.1. The van der Waals surface area contributed by atoms with E-state index >= 15 is 0 Å². The van der Waals surface area contributed by atoms with Gasteiger partial charge in [-0.3, -0.25) is 9.78 Å². The summed E-state index contributed by atoms with van der Waals surface area (Å²) in [4.78, 5) is 17.7. The smallest absolute Gasteiger partial charge is 0.259 e. The SMILES string of the molecule is Cc1ncc2c(c1O)C(C1C(=O)N(c3ccc(F)cc3)N=C1c1ccccc1)OC2. The third-order valence-electron chi connectivity index (χ3n) is 5.48. The number of hydrogen-bond donors (Lipinski definition) is 1. The van der Waals surface area contributed by atoms with Gasteiger partial charge >= 0.3 is 0 Å². The molecule has 0 saturated carbocycles. The fourth-order valence-electron chi connectivity index (χ4n) is 3.96. The molecule has 2 aliphatic heterocycles. The summed E-state index contributed by atoms with van der Waals surface area (Å²) in [5, 5.41) is 16.5. The van der Waals surface area contributed by atoms with Crippen LogP contribution in [0.1, 0.15) is 28.5 Å². The lowest BCUT2D eigenvalue weighted by Gasteiger charge is -2.21. The van der Waals surface area contributed by atoms with E-state index in [-0.39, 0.29) is 18.3 Å². The molecule has 1 amide bonds. The number of halogens is 1. The van der Waals surface area contributed by atoms with E-state index in [4.69, 9.17) is 4.74 Å². The van der Waals surface area contributed by atoms with Crippen molar-refractivity contribution in [2.45, 2.75) is 19.6 Å². The summed E-state index contributed by atoms with van der Waals surface area (Å²) >= 11 is 0. The van der Waals surface area contributed by atoms with E-state index in [0.29, 0.717) is 22.7 Å². The van der Waals surface area contributed by atoms with Crippen molar-refractivity contribution in [1.29, 1.82) is 0 Å². The molecular weight excluding hydrogens is 385 g/mol. The number of carbonyl (C=O) groups excluding carboxylic acids is 1. The van der Waals surface area contributed by atoms with Gasteiger partial charge in [0.1, 0.15) is 23.6 Å². The van der Waals surface area contributed by atoms with Crippen molar-refractivity contribution in [1.82, 2.24) is 4.98 Å². The van der Waals surface area contributed by atoms with Crippen LogP contribution in [0.5, 0.6) is 5.75 Å². The zero-order valence-electron chi connectivity index (χ0n) is 16.1. The number of aromatic nitrogens is 1. The first-order valence-corrected chi connectivity index (χ1v) is 9.57. The lowest BCUT2D eigenvalue weighted by atomic mass is 9.87. The van der Waals surface area contributed by atoms with Crippen LogP contribution in [0.2, 0.25) is 0 Å². The van der Waals surface area contributed by atoms with E-state index in [0.717, 1.165) is 11.1 Å². The second kappa shape index (κ2) is 7.03. The Morgan fingerprint density at radius 1 is 1.13 bits per heavy atom. The maximum atomic E-state index is 13.5. The quantitative estimate of drug-likeness (QED) is 0.720. The van der Waals surface area contributed by atoms with Crippen LogP contribution in [0, 0.1) is 18.7 Å². The molecule has 2 unspecified atom stereocenters. The van der Waals surface area contributed by atoms with E-state index in [2.05, 4.69) is 10.1 Å². The third-order valence-corrected chi connectivity index (χ3v) is 5.48. The van der Waals surface area contributed by atoms with E-state index in [1.807, 2.05) is 30.3 Å². The first-order chi connectivity index (χ1) is 14.5.